The van der Waals surface area contributed by atoms with Gasteiger partial charge in [0, 0.05) is 40.4 Å². The number of piperidine rings is 2. The van der Waals surface area contributed by atoms with Crippen LogP contribution in [0.15, 0.2) is 0 Å². The number of aliphatic hydroxyl groups excluding tert-OH is 2. The Labute approximate surface area is 521 Å². The van der Waals surface area contributed by atoms with Gasteiger partial charge in [0.05, 0.1) is 71.3 Å². The first kappa shape index (κ1) is 73.4. The van der Waals surface area contributed by atoms with E-state index in [0.717, 1.165) is 0 Å². The lowest BCUT2D eigenvalue weighted by molar-refractivity contribution is -0.00826. The number of nitrogens with one attached hydrogen (secondary N) is 2. The number of phosphoric ester groups is 2. The van der Waals surface area contributed by atoms with E-state index in [-0.39, 0.29) is 40.8 Å². The van der Waals surface area contributed by atoms with Crippen LogP contribution in [0, 0.1) is 0 Å². The van der Waals surface area contributed by atoms with Gasteiger partial charge in [-0.3, -0.25) is 45.9 Å². The first-order valence-electron chi connectivity index (χ1n) is 28.0. The minimum Gasteiger partial charge on any atom is -0.393 e. The average Bonchev–Trinajstić information content (AvgIpc) is 1.98. The molecule has 28 nitrogen and oxygen atoms in total. The van der Waals surface area contributed by atoms with Crippen molar-refractivity contribution in [2.45, 2.75) is 208 Å². The second-order valence-corrected chi connectivity index (χ2v) is 30.6. The number of methoxy groups -OCH3 is 2. The van der Waals surface area contributed by atoms with Gasteiger partial charge >= 0.3 is 15.6 Å². The summed E-state index contributed by atoms with van der Waals surface area (Å²) in [6.45, 7) is 27.6. The van der Waals surface area contributed by atoms with Gasteiger partial charge in [0.15, 0.2) is 15.2 Å². The van der Waals surface area contributed by atoms with Gasteiger partial charge in [-0.15, -0.1) is 20.4 Å². The van der Waals surface area contributed by atoms with Crippen LogP contribution in [0.25, 0.3) is 0 Å². The Bertz CT molecular complexity index is 2880. The molecule has 2 fully saturated rings. The van der Waals surface area contributed by atoms with Gasteiger partial charge in [-0.25, -0.2) is 19.1 Å². The maximum absolute atomic E-state index is 13.6. The lowest BCUT2D eigenvalue weighted by atomic mass is 10.0. The minimum atomic E-state index is -4.10. The predicted octanol–water partition coefficient (Wildman–Crippen LogP) is 7.77. The predicted molar refractivity (Wildman–Crippen MR) is 325 cm³/mol. The summed E-state index contributed by atoms with van der Waals surface area (Å²) >= 11 is 15.4. The average molecular weight is 1330 g/mol. The maximum atomic E-state index is 13.6. The molecular formula is C52H88Cl2N12O16P2S2. The van der Waals surface area contributed by atoms with E-state index in [2.05, 4.69) is 41.0 Å². The van der Waals surface area contributed by atoms with E-state index in [1.807, 2.05) is 23.6 Å². The largest absolute Gasteiger partial charge is 0.477 e. The fraction of sp³-hybridized carbons (Fsp3) is 0.769. The van der Waals surface area contributed by atoms with Gasteiger partial charge in [0.1, 0.15) is 29.8 Å². The summed E-state index contributed by atoms with van der Waals surface area (Å²) in [6, 6.07) is -0.757. The van der Waals surface area contributed by atoms with E-state index >= 15 is 0 Å². The fourth-order valence-electron chi connectivity index (χ4n) is 8.56. The number of nitrogens with zero attached hydrogens (tertiary/aromatic N) is 10. The van der Waals surface area contributed by atoms with Crippen LogP contribution < -0.4 is 20.4 Å². The minimum absolute atomic E-state index is 0.0165. The molecule has 0 bridgehead atoms. The van der Waals surface area contributed by atoms with Crippen LogP contribution in [0.1, 0.15) is 166 Å². The van der Waals surface area contributed by atoms with E-state index < -0.39 is 93.2 Å². The van der Waals surface area contributed by atoms with Gasteiger partial charge < -0.3 is 50.3 Å². The van der Waals surface area contributed by atoms with Crippen LogP contribution in [0.2, 0.25) is 10.3 Å². The molecule has 2 aliphatic heterocycles. The molecule has 0 radical (unpaired) electrons. The van der Waals surface area contributed by atoms with Crippen LogP contribution >= 0.6 is 61.5 Å². The summed E-state index contributed by atoms with van der Waals surface area (Å²) in [5.41, 5.74) is -5.33. The SMILES string of the molecule is CCc1c(Cl)nc(C(=O)N[C@@H]2CCN(c3nnc([C@](C)(O)CO)s3)C[C@@H]2OC)n1COP(=O)(OC(C)(C)C)OC(C)(C)C.CCc1nc(C(=O)N[C@@H]2CCN(c3nnc([C@](C)(O)CO)s3)C[C@@H]2OC)n(COP(=O)(OC(C)(C)C)OC(C)(C)C)c1Cl. The van der Waals surface area contributed by atoms with Crippen molar-refractivity contribution in [3.05, 3.63) is 43.4 Å². The lowest BCUT2D eigenvalue weighted by Gasteiger charge is -2.37. The summed E-state index contributed by atoms with van der Waals surface area (Å²) in [5.74, 6) is -1.05. The molecule has 6 N–H and O–H groups in total. The van der Waals surface area contributed by atoms with Crippen molar-refractivity contribution >= 4 is 83.6 Å². The molecule has 0 aliphatic carbocycles. The first-order valence-corrected chi connectivity index (χ1v) is 33.3. The Balaban J connectivity index is 0.000000314. The van der Waals surface area contributed by atoms with Crippen LogP contribution in [0.3, 0.4) is 0 Å². The van der Waals surface area contributed by atoms with Crippen LogP contribution in [-0.4, -0.2) is 172 Å². The van der Waals surface area contributed by atoms with E-state index in [9.17, 15) is 39.1 Å². The molecule has 0 unspecified atom stereocenters. The second kappa shape index (κ2) is 29.3. The number of amides is 2. The molecule has 6 atom stereocenters. The molecule has 2 saturated heterocycles. The van der Waals surface area contributed by atoms with Crippen molar-refractivity contribution in [1.82, 2.24) is 50.1 Å². The van der Waals surface area contributed by atoms with Crippen molar-refractivity contribution in [1.29, 1.82) is 0 Å². The molecule has 6 heterocycles. The number of rotatable bonds is 24. The molecule has 6 rings (SSSR count). The van der Waals surface area contributed by atoms with Gasteiger partial charge in [-0.05, 0) is 123 Å². The smallest absolute Gasteiger partial charge is 0.393 e. The Morgan fingerprint density at radius 2 is 0.977 bits per heavy atom. The topological polar surface area (TPSA) is 341 Å². The summed E-state index contributed by atoms with van der Waals surface area (Å²) in [4.78, 5) is 39.8. The molecule has 2 amide bonds. The first-order chi connectivity index (χ1) is 39.6. The second-order valence-electron chi connectivity index (χ2n) is 25.0. The van der Waals surface area contributed by atoms with E-state index in [1.165, 1.54) is 45.7 Å². The normalized spacial score (nSPS) is 19.9. The van der Waals surface area contributed by atoms with Crippen molar-refractivity contribution in [2.75, 3.05) is 63.4 Å². The number of carbonyl (C=O) groups excluding carboxylic acids is 2. The highest BCUT2D eigenvalue weighted by molar-refractivity contribution is 7.48. The standard InChI is InChI=1S/2C26H44ClN6O8PS/c1-10-17-19(27)29-20(33(17)15-39-42(37,40-24(2,3)4)41-25(5,6)7)21(35)28-16-11-12-32(13-18(16)38-9)23-31-30-22(43-23)26(8,36)14-34;1-10-16-19(27)33(15-39-42(37,40-24(2,3)4)41-25(5,6)7)20(28-16)21(35)29-17-11-12-32(13-18(17)38-9)23-31-30-22(43-23)26(8,36)14-34/h16,18,34,36H,10-15H2,1-9H3,(H,28,35);17-18,34,36H,10-15H2,1-9H3,(H,29,35)/t16-,18+,26-;17-,18+,26-/m11/s1. The number of imidazole rings is 2. The highest BCUT2D eigenvalue weighted by Crippen LogP contribution is 2.57. The van der Waals surface area contributed by atoms with E-state index in [0.29, 0.717) is 83.5 Å². The highest BCUT2D eigenvalue weighted by atomic mass is 35.5. The summed E-state index contributed by atoms with van der Waals surface area (Å²) in [7, 11) is -5.07. The molecule has 2 aliphatic rings. The number of anilines is 2. The van der Waals surface area contributed by atoms with Gasteiger partial charge in [-0.1, -0.05) is 59.7 Å². The number of phosphoric acid groups is 2. The van der Waals surface area contributed by atoms with Crippen molar-refractivity contribution in [2.24, 2.45) is 0 Å². The molecule has 0 spiro atoms. The zero-order valence-electron chi connectivity index (χ0n) is 52.4. The fourth-order valence-corrected chi connectivity index (χ4v) is 14.5. The van der Waals surface area contributed by atoms with E-state index in [4.69, 9.17) is 59.8 Å². The third-order valence-electron chi connectivity index (χ3n) is 12.6. The Hall–Kier alpha value is -3.36. The molecule has 34 heteroatoms. The van der Waals surface area contributed by atoms with Crippen molar-refractivity contribution < 1.29 is 75.8 Å². The third-order valence-corrected chi connectivity index (χ3v) is 19.7. The Morgan fingerprint density at radius 1 is 0.605 bits per heavy atom. The molecular weight excluding hydrogens is 1250 g/mol. The summed E-state index contributed by atoms with van der Waals surface area (Å²) in [6.07, 6.45) is 1.07. The lowest BCUT2D eigenvalue weighted by Crippen LogP contribution is -2.55. The number of hydrogen-bond acceptors (Lipinski definition) is 26. The molecule has 86 heavy (non-hydrogen) atoms. The third kappa shape index (κ3) is 20.3. The number of aryl methyl sites for hydroxylation is 1. The van der Waals surface area contributed by atoms with Gasteiger partial charge in [-0.2, -0.15) is 0 Å². The Kier molecular flexibility index (Phi) is 25.0. The quantitative estimate of drug-likeness (QED) is 0.0365. The number of carbonyl (C=O) groups is 2. The summed E-state index contributed by atoms with van der Waals surface area (Å²) < 4.78 is 75.8. The van der Waals surface area contributed by atoms with Gasteiger partial charge in [0.25, 0.3) is 11.8 Å². The Morgan fingerprint density at radius 3 is 1.31 bits per heavy atom. The monoisotopic (exact) mass is 1330 g/mol. The zero-order valence-corrected chi connectivity index (χ0v) is 57.4. The van der Waals surface area contributed by atoms with Crippen molar-refractivity contribution in [3.63, 3.8) is 0 Å². The number of ether oxygens (including phenoxy) is 2. The number of hydrogen-bond donors (Lipinski definition) is 6. The molecule has 4 aromatic rings. The molecule has 0 aromatic carbocycles. The van der Waals surface area contributed by atoms with Crippen LogP contribution in [0.4, 0.5) is 10.3 Å². The summed E-state index contributed by atoms with van der Waals surface area (Å²) in [5, 5.41) is 63.9. The van der Waals surface area contributed by atoms with E-state index in [1.54, 1.807) is 97.3 Å². The molecule has 4 aromatic heterocycles. The number of halogens is 2. The molecule has 488 valence electrons. The zero-order chi connectivity index (χ0) is 64.8. The number of aromatic nitrogens is 8. The van der Waals surface area contributed by atoms with Crippen LogP contribution in [-0.2, 0) is 83.3 Å². The van der Waals surface area contributed by atoms with Crippen LogP contribution in [0.5, 0.6) is 0 Å². The molecule has 0 saturated carbocycles. The van der Waals surface area contributed by atoms with Gasteiger partial charge in [0.2, 0.25) is 21.9 Å². The maximum Gasteiger partial charge on any atom is 0.477 e. The number of aliphatic hydroxyl groups is 4. The van der Waals surface area contributed by atoms with Crippen molar-refractivity contribution in [3.8, 4) is 0 Å². The highest BCUT2D eigenvalue weighted by Gasteiger charge is 2.42.